The highest BCUT2D eigenvalue weighted by atomic mass is 32.2. The van der Waals surface area contributed by atoms with Gasteiger partial charge in [-0.05, 0) is 53.3 Å². The molecule has 114 valence electrons. The zero-order chi connectivity index (χ0) is 15.5. The van der Waals surface area contributed by atoms with Crippen LogP contribution in [0.25, 0.3) is 11.1 Å². The summed E-state index contributed by atoms with van der Waals surface area (Å²) in [5, 5.41) is 3.78. The largest absolute Gasteiger partial charge is 0.214 e. The minimum atomic E-state index is -3.19. The summed E-state index contributed by atoms with van der Waals surface area (Å²) >= 11 is 1.68. The number of benzene rings is 1. The number of sulfonamides is 1. The molecule has 0 bridgehead atoms. The van der Waals surface area contributed by atoms with Crippen LogP contribution in [0, 0.1) is 0 Å². The summed E-state index contributed by atoms with van der Waals surface area (Å²) in [4.78, 5) is 0. The Hall–Kier alpha value is -1.17. The highest BCUT2D eigenvalue weighted by Gasteiger charge is 2.16. The van der Waals surface area contributed by atoms with E-state index in [-0.39, 0.29) is 5.92 Å². The molecule has 21 heavy (non-hydrogen) atoms. The normalized spacial score (nSPS) is 13.5. The lowest BCUT2D eigenvalue weighted by Crippen LogP contribution is -2.33. The summed E-state index contributed by atoms with van der Waals surface area (Å²) in [5.41, 5.74) is 3.55. The van der Waals surface area contributed by atoms with Gasteiger partial charge in [0.15, 0.2) is 0 Å². The molecule has 1 heterocycles. The van der Waals surface area contributed by atoms with Gasteiger partial charge in [0.1, 0.15) is 0 Å². The van der Waals surface area contributed by atoms with Gasteiger partial charge in [0.2, 0.25) is 10.0 Å². The van der Waals surface area contributed by atoms with Crippen molar-refractivity contribution in [2.24, 2.45) is 0 Å². The molecule has 1 aromatic heterocycles. The van der Waals surface area contributed by atoms with Crippen molar-refractivity contribution in [2.75, 3.05) is 6.54 Å². The number of thiophene rings is 1. The molecule has 0 amide bonds. The third-order valence-corrected chi connectivity index (χ3v) is 6.04. The quantitative estimate of drug-likeness (QED) is 0.878. The fraction of sp³-hybridized carbons (Fsp3) is 0.375. The van der Waals surface area contributed by atoms with Crippen LogP contribution in [0.4, 0.5) is 0 Å². The number of hydrogen-bond donors (Lipinski definition) is 1. The molecule has 0 spiro atoms. The predicted octanol–water partition coefficient (Wildman–Crippen LogP) is 3.85. The maximum atomic E-state index is 11.8. The molecule has 5 heteroatoms. The molecule has 0 aliphatic carbocycles. The third-order valence-electron chi connectivity index (χ3n) is 3.55. The molecule has 0 radical (unpaired) electrons. The highest BCUT2D eigenvalue weighted by molar-refractivity contribution is 7.90. The molecule has 0 saturated heterocycles. The fourth-order valence-corrected chi connectivity index (χ4v) is 3.44. The molecule has 0 unspecified atom stereocenters. The highest BCUT2D eigenvalue weighted by Crippen LogP contribution is 2.24. The molecule has 1 aromatic carbocycles. The molecule has 2 rings (SSSR count). The Morgan fingerprint density at radius 2 is 1.71 bits per heavy atom. The molecule has 2 aromatic rings. The van der Waals surface area contributed by atoms with Gasteiger partial charge >= 0.3 is 0 Å². The topological polar surface area (TPSA) is 46.2 Å². The van der Waals surface area contributed by atoms with Crippen molar-refractivity contribution in [3.63, 3.8) is 0 Å². The zero-order valence-corrected chi connectivity index (χ0v) is 14.2. The Labute approximate surface area is 131 Å². The van der Waals surface area contributed by atoms with Gasteiger partial charge in [-0.15, -0.1) is 0 Å². The van der Waals surface area contributed by atoms with Gasteiger partial charge in [0, 0.05) is 6.54 Å². The summed E-state index contributed by atoms with van der Waals surface area (Å²) in [6.07, 6.45) is 0. The first kappa shape index (κ1) is 16.2. The monoisotopic (exact) mass is 323 g/mol. The van der Waals surface area contributed by atoms with Gasteiger partial charge in [-0.3, -0.25) is 0 Å². The summed E-state index contributed by atoms with van der Waals surface area (Å²) < 4.78 is 26.2. The standard InChI is InChI=1S/C16H21NO2S2/c1-12(2)21(18,19)17-10-13(3)14-4-6-15(7-5-14)16-8-9-20-11-16/h4-9,11-13,17H,10H2,1-3H3/t13-/m0/s1. The van der Waals surface area contributed by atoms with Gasteiger partial charge in [-0.2, -0.15) is 11.3 Å². The van der Waals surface area contributed by atoms with Crippen LogP contribution >= 0.6 is 11.3 Å². The predicted molar refractivity (Wildman–Crippen MR) is 90.2 cm³/mol. The molecule has 0 aliphatic rings. The second-order valence-corrected chi connectivity index (χ2v) is 8.58. The first-order valence-corrected chi connectivity index (χ1v) is 9.50. The Morgan fingerprint density at radius 1 is 1.05 bits per heavy atom. The minimum absolute atomic E-state index is 0.148. The van der Waals surface area contributed by atoms with E-state index in [1.807, 2.05) is 6.92 Å². The van der Waals surface area contributed by atoms with E-state index in [9.17, 15) is 8.42 Å². The van der Waals surface area contributed by atoms with Crippen LogP contribution < -0.4 is 4.72 Å². The summed E-state index contributed by atoms with van der Waals surface area (Å²) in [7, 11) is -3.19. The van der Waals surface area contributed by atoms with Crippen molar-refractivity contribution >= 4 is 21.4 Å². The lowest BCUT2D eigenvalue weighted by Gasteiger charge is -2.15. The Morgan fingerprint density at radius 3 is 2.24 bits per heavy atom. The zero-order valence-electron chi connectivity index (χ0n) is 12.5. The van der Waals surface area contributed by atoms with E-state index in [4.69, 9.17) is 0 Å². The molecule has 0 fully saturated rings. The van der Waals surface area contributed by atoms with Crippen LogP contribution in [0.5, 0.6) is 0 Å². The van der Waals surface area contributed by atoms with Crippen LogP contribution in [-0.4, -0.2) is 20.2 Å². The van der Waals surface area contributed by atoms with E-state index in [1.165, 1.54) is 11.1 Å². The van der Waals surface area contributed by atoms with Crippen LogP contribution in [0.3, 0.4) is 0 Å². The molecular formula is C16H21NO2S2. The van der Waals surface area contributed by atoms with E-state index in [0.717, 1.165) is 5.56 Å². The second-order valence-electron chi connectivity index (χ2n) is 5.48. The van der Waals surface area contributed by atoms with E-state index < -0.39 is 15.3 Å². The number of rotatable bonds is 6. The lowest BCUT2D eigenvalue weighted by atomic mass is 9.99. The van der Waals surface area contributed by atoms with Crippen LogP contribution in [0.1, 0.15) is 32.3 Å². The molecule has 0 aliphatic heterocycles. The summed E-state index contributed by atoms with van der Waals surface area (Å²) in [6.45, 7) is 5.83. The molecular weight excluding hydrogens is 302 g/mol. The Balaban J connectivity index is 2.02. The van der Waals surface area contributed by atoms with Gasteiger partial charge in [0.05, 0.1) is 5.25 Å². The minimum Gasteiger partial charge on any atom is -0.214 e. The lowest BCUT2D eigenvalue weighted by molar-refractivity contribution is 0.566. The maximum absolute atomic E-state index is 11.8. The maximum Gasteiger partial charge on any atom is 0.213 e. The van der Waals surface area contributed by atoms with Crippen LogP contribution in [0.15, 0.2) is 41.1 Å². The fourth-order valence-electron chi connectivity index (χ4n) is 1.96. The van der Waals surface area contributed by atoms with E-state index >= 15 is 0 Å². The Bertz CT molecular complexity index is 659. The molecule has 1 atom stereocenters. The average Bonchev–Trinajstić information content (AvgIpc) is 2.99. The third kappa shape index (κ3) is 4.15. The summed E-state index contributed by atoms with van der Waals surface area (Å²) in [6, 6.07) is 10.4. The first-order valence-electron chi connectivity index (χ1n) is 7.01. The van der Waals surface area contributed by atoms with Crippen molar-refractivity contribution in [1.82, 2.24) is 4.72 Å². The molecule has 0 saturated carbocycles. The number of hydrogen-bond acceptors (Lipinski definition) is 3. The van der Waals surface area contributed by atoms with Crippen molar-refractivity contribution in [3.8, 4) is 11.1 Å². The molecule has 3 nitrogen and oxygen atoms in total. The van der Waals surface area contributed by atoms with Gasteiger partial charge in [-0.25, -0.2) is 13.1 Å². The first-order chi connectivity index (χ1) is 9.90. The van der Waals surface area contributed by atoms with E-state index in [2.05, 4.69) is 45.8 Å². The second kappa shape index (κ2) is 6.73. The summed E-state index contributed by atoms with van der Waals surface area (Å²) in [5.74, 6) is 0.148. The van der Waals surface area contributed by atoms with E-state index in [1.54, 1.807) is 25.2 Å². The SMILES string of the molecule is CC(C)S(=O)(=O)NC[C@H](C)c1ccc(-c2ccsc2)cc1. The van der Waals surface area contributed by atoms with Gasteiger partial charge in [-0.1, -0.05) is 31.2 Å². The average molecular weight is 323 g/mol. The van der Waals surface area contributed by atoms with Crippen LogP contribution in [0.2, 0.25) is 0 Å². The van der Waals surface area contributed by atoms with Crippen molar-refractivity contribution in [3.05, 3.63) is 46.7 Å². The van der Waals surface area contributed by atoms with Gasteiger partial charge in [0.25, 0.3) is 0 Å². The van der Waals surface area contributed by atoms with Crippen molar-refractivity contribution < 1.29 is 8.42 Å². The van der Waals surface area contributed by atoms with Gasteiger partial charge < -0.3 is 0 Å². The Kier molecular flexibility index (Phi) is 5.19. The number of nitrogens with one attached hydrogen (secondary N) is 1. The van der Waals surface area contributed by atoms with Crippen molar-refractivity contribution in [1.29, 1.82) is 0 Å². The van der Waals surface area contributed by atoms with Crippen LogP contribution in [-0.2, 0) is 10.0 Å². The van der Waals surface area contributed by atoms with Crippen molar-refractivity contribution in [2.45, 2.75) is 31.9 Å². The smallest absolute Gasteiger partial charge is 0.213 e. The molecule has 1 N–H and O–H groups in total. The van der Waals surface area contributed by atoms with E-state index in [0.29, 0.717) is 6.54 Å².